The van der Waals surface area contributed by atoms with Crippen molar-refractivity contribution in [1.29, 1.82) is 0 Å². The van der Waals surface area contributed by atoms with Gasteiger partial charge in [-0.2, -0.15) is 10.2 Å². The smallest absolute Gasteiger partial charge is 0.335 e. The van der Waals surface area contributed by atoms with E-state index in [-0.39, 0.29) is 67.9 Å². The van der Waals surface area contributed by atoms with Gasteiger partial charge >= 0.3 is 5.97 Å². The lowest BCUT2D eigenvalue weighted by Crippen LogP contribution is -2.26. The fraction of sp³-hybridized carbons (Fsp3) is 0.283. The number of aromatic carboxylic acids is 1. The number of aryl methyl sites for hydroxylation is 4. The number of rotatable bonds is 12. The number of carbonyl (C=O) groups is 5. The van der Waals surface area contributed by atoms with E-state index in [1.165, 1.54) is 12.1 Å². The van der Waals surface area contributed by atoms with Crippen molar-refractivity contribution in [3.05, 3.63) is 118 Å². The Morgan fingerprint density at radius 3 is 1.74 bits per heavy atom. The second-order valence-electron chi connectivity index (χ2n) is 15.5. The predicted octanol–water partition coefficient (Wildman–Crippen LogP) is 5.13. The van der Waals surface area contributed by atoms with Gasteiger partial charge in [-0.1, -0.05) is 30.4 Å². The van der Waals surface area contributed by atoms with Crippen LogP contribution in [0.15, 0.2) is 72.8 Å². The molecule has 4 aromatic heterocycles. The van der Waals surface area contributed by atoms with Crippen molar-refractivity contribution in [3.8, 4) is 11.5 Å². The molecule has 0 aliphatic carbocycles. The topological polar surface area (TPSA) is 257 Å². The molecule has 5 heterocycles. The van der Waals surface area contributed by atoms with Crippen LogP contribution in [0.3, 0.4) is 0 Å². The van der Waals surface area contributed by atoms with E-state index in [4.69, 9.17) is 25.2 Å². The van der Waals surface area contributed by atoms with Gasteiger partial charge in [-0.3, -0.25) is 39.2 Å². The summed E-state index contributed by atoms with van der Waals surface area (Å²) in [7, 11) is 0. The standard InChI is InChI=1S/C46H48N12O8/c1-5-57-34(20-26(3)53-57)42(61)51-45-49-32-22-29(40(47)59)24-36-38(32)55(45)16-9-10-17-56-39-33(50-46(56)52-43(62)35-21-27(4)54-58(35)6-2)23-30(25-37(39)66-19-11-18-65-36)41(60)48-15-14-28-12-7-8-13-31(28)44(63)64/h7-10,12-13,20-25H,5-6,11,14-19H2,1-4H3,(H2,47,59)(H,48,60)(H,63,64)(H,49,51,61)(H,50,52,62)/b10-9+. The van der Waals surface area contributed by atoms with Crippen molar-refractivity contribution in [2.75, 3.05) is 30.4 Å². The molecule has 0 bridgehead atoms. The van der Waals surface area contributed by atoms with Crippen LogP contribution in [0, 0.1) is 13.8 Å². The number of imidazole rings is 2. The molecule has 1 aliphatic heterocycles. The first kappa shape index (κ1) is 44.3. The third kappa shape index (κ3) is 9.05. The number of carboxylic acids is 1. The lowest BCUT2D eigenvalue weighted by Gasteiger charge is -2.14. The Morgan fingerprint density at radius 2 is 1.23 bits per heavy atom. The highest BCUT2D eigenvalue weighted by Crippen LogP contribution is 2.34. The van der Waals surface area contributed by atoms with E-state index in [9.17, 15) is 29.1 Å². The molecule has 66 heavy (non-hydrogen) atoms. The Morgan fingerprint density at radius 1 is 0.712 bits per heavy atom. The van der Waals surface area contributed by atoms with Crippen LogP contribution in [0.5, 0.6) is 11.5 Å². The molecule has 1 aliphatic rings. The van der Waals surface area contributed by atoms with Crippen LogP contribution < -0.4 is 31.2 Å². The number of nitrogens with two attached hydrogens (primary N) is 1. The van der Waals surface area contributed by atoms with Crippen LogP contribution in [-0.4, -0.2) is 93.1 Å². The van der Waals surface area contributed by atoms with Crippen molar-refractivity contribution in [2.24, 2.45) is 5.73 Å². The molecule has 0 spiro atoms. The van der Waals surface area contributed by atoms with Gasteiger partial charge in [0.1, 0.15) is 33.9 Å². The average molecular weight is 897 g/mol. The van der Waals surface area contributed by atoms with E-state index in [0.717, 1.165) is 0 Å². The second-order valence-corrected chi connectivity index (χ2v) is 15.5. The number of allylic oxidation sites excluding steroid dienone is 2. The zero-order valence-electron chi connectivity index (χ0n) is 36.8. The number of nitrogens with zero attached hydrogens (tertiary/aromatic N) is 8. The first-order valence-electron chi connectivity index (χ1n) is 21.4. The van der Waals surface area contributed by atoms with E-state index in [0.29, 0.717) is 81.4 Å². The molecule has 4 amide bonds. The molecular weight excluding hydrogens is 849 g/mol. The number of hydrogen-bond acceptors (Lipinski definition) is 11. The Kier molecular flexibility index (Phi) is 12.6. The summed E-state index contributed by atoms with van der Waals surface area (Å²) >= 11 is 0. The van der Waals surface area contributed by atoms with Gasteiger partial charge in [0.25, 0.3) is 17.7 Å². The van der Waals surface area contributed by atoms with Gasteiger partial charge in [0, 0.05) is 50.3 Å². The number of benzene rings is 3. The molecular formula is C46H48N12O8. The number of carboxylic acid groups (broad SMARTS) is 1. The second kappa shape index (κ2) is 18.8. The Hall–Kier alpha value is -8.29. The zero-order valence-corrected chi connectivity index (χ0v) is 36.8. The van der Waals surface area contributed by atoms with E-state index in [1.807, 2.05) is 26.0 Å². The maximum absolute atomic E-state index is 13.9. The average Bonchev–Trinajstić information content (AvgIpc) is 4.06. The SMILES string of the molecule is CCn1nc(C)cc1C(=O)Nc1nc2cc(C(N)=O)cc3c2n1C/C=C/Cn1c(NC(=O)c2cc(C)nn2CC)nc2cc(C(=O)NCCc4ccccc4C(=O)O)cc(c21)OCCCO3. The number of ether oxygens (including phenoxy) is 2. The van der Waals surface area contributed by atoms with Gasteiger partial charge in [0.15, 0.2) is 0 Å². The van der Waals surface area contributed by atoms with Crippen LogP contribution in [0.1, 0.15) is 89.3 Å². The maximum atomic E-state index is 13.9. The molecule has 0 saturated heterocycles. The van der Waals surface area contributed by atoms with E-state index in [1.54, 1.807) is 80.9 Å². The molecule has 0 atom stereocenters. The number of amides is 4. The van der Waals surface area contributed by atoms with Crippen molar-refractivity contribution < 1.29 is 38.6 Å². The normalized spacial score (nSPS) is 13.3. The molecule has 8 rings (SSSR count). The molecule has 0 radical (unpaired) electrons. The molecule has 20 nitrogen and oxygen atoms in total. The highest BCUT2D eigenvalue weighted by atomic mass is 16.5. The van der Waals surface area contributed by atoms with Crippen LogP contribution in [0.25, 0.3) is 22.1 Å². The van der Waals surface area contributed by atoms with Crippen molar-refractivity contribution in [3.63, 3.8) is 0 Å². The molecule has 20 heteroatoms. The Balaban J connectivity index is 1.17. The van der Waals surface area contributed by atoms with Crippen molar-refractivity contribution in [1.82, 2.24) is 44.0 Å². The van der Waals surface area contributed by atoms with Gasteiger partial charge in [0.2, 0.25) is 17.8 Å². The quantitative estimate of drug-likeness (QED) is 0.100. The predicted molar refractivity (Wildman–Crippen MR) is 243 cm³/mol. The number of carbonyl (C=O) groups excluding carboxylic acids is 4. The molecule has 6 N–H and O–H groups in total. The van der Waals surface area contributed by atoms with Crippen LogP contribution in [-0.2, 0) is 32.6 Å². The van der Waals surface area contributed by atoms with Crippen molar-refractivity contribution in [2.45, 2.75) is 66.7 Å². The van der Waals surface area contributed by atoms with Gasteiger partial charge in [-0.05, 0) is 82.1 Å². The van der Waals surface area contributed by atoms with Crippen molar-refractivity contribution >= 4 is 63.6 Å². The minimum atomic E-state index is -1.06. The Bertz CT molecular complexity index is 3080. The summed E-state index contributed by atoms with van der Waals surface area (Å²) in [5.74, 6) is -2.11. The molecule has 340 valence electrons. The van der Waals surface area contributed by atoms with E-state index in [2.05, 4.69) is 26.1 Å². The van der Waals surface area contributed by atoms with E-state index >= 15 is 0 Å². The number of nitrogens with one attached hydrogen (secondary N) is 3. The lowest BCUT2D eigenvalue weighted by molar-refractivity contribution is 0.0694. The maximum Gasteiger partial charge on any atom is 0.335 e. The number of aromatic nitrogens is 8. The number of anilines is 2. The molecule has 0 saturated carbocycles. The summed E-state index contributed by atoms with van der Waals surface area (Å²) < 4.78 is 19.5. The molecule has 3 aromatic carbocycles. The minimum Gasteiger partial charge on any atom is -0.491 e. The third-order valence-corrected chi connectivity index (χ3v) is 11.0. The van der Waals surface area contributed by atoms with Gasteiger partial charge in [0.05, 0.1) is 41.2 Å². The summed E-state index contributed by atoms with van der Waals surface area (Å²) in [4.78, 5) is 75.3. The lowest BCUT2D eigenvalue weighted by atomic mass is 10.0. The van der Waals surface area contributed by atoms with Crippen LogP contribution in [0.2, 0.25) is 0 Å². The fourth-order valence-corrected chi connectivity index (χ4v) is 7.91. The first-order chi connectivity index (χ1) is 31.8. The van der Waals surface area contributed by atoms with Crippen LogP contribution >= 0.6 is 0 Å². The summed E-state index contributed by atoms with van der Waals surface area (Å²) in [6.07, 6.45) is 4.30. The highest BCUT2D eigenvalue weighted by molar-refractivity contribution is 6.05. The molecule has 0 unspecified atom stereocenters. The molecule has 0 fully saturated rings. The summed E-state index contributed by atoms with van der Waals surface area (Å²) in [6.45, 7) is 8.97. The zero-order chi connectivity index (χ0) is 46.6. The number of hydrogen-bond donors (Lipinski definition) is 5. The van der Waals surface area contributed by atoms with Gasteiger partial charge in [-0.15, -0.1) is 0 Å². The largest absolute Gasteiger partial charge is 0.491 e. The first-order valence-corrected chi connectivity index (χ1v) is 21.4. The summed E-state index contributed by atoms with van der Waals surface area (Å²) in [5, 5.41) is 27.3. The third-order valence-electron chi connectivity index (χ3n) is 11.0. The Labute approximate surface area is 377 Å². The minimum absolute atomic E-state index is 0.105. The molecule has 7 aromatic rings. The van der Waals surface area contributed by atoms with Gasteiger partial charge < -0.3 is 34.8 Å². The van der Waals surface area contributed by atoms with E-state index < -0.39 is 29.6 Å². The highest BCUT2D eigenvalue weighted by Gasteiger charge is 2.25. The fourth-order valence-electron chi connectivity index (χ4n) is 7.91. The monoisotopic (exact) mass is 896 g/mol. The number of primary amides is 1. The van der Waals surface area contributed by atoms with Crippen LogP contribution in [0.4, 0.5) is 11.9 Å². The summed E-state index contributed by atoms with van der Waals surface area (Å²) in [6, 6.07) is 16.3. The van der Waals surface area contributed by atoms with Gasteiger partial charge in [-0.25, -0.2) is 14.8 Å². The summed E-state index contributed by atoms with van der Waals surface area (Å²) in [5.41, 5.74) is 10.6.